The Morgan fingerprint density at radius 1 is 1.14 bits per heavy atom. The molecule has 2 heterocycles. The van der Waals surface area contributed by atoms with Gasteiger partial charge in [0, 0.05) is 39.1 Å². The molecular formula is C21H22N4O3. The molecule has 4 aromatic rings. The van der Waals surface area contributed by atoms with Gasteiger partial charge in [0.25, 0.3) is 0 Å². The molecule has 28 heavy (non-hydrogen) atoms. The molecule has 0 aliphatic rings. The number of hydrogen-bond donors (Lipinski definition) is 1. The summed E-state index contributed by atoms with van der Waals surface area (Å²) in [4.78, 5) is 16.2. The summed E-state index contributed by atoms with van der Waals surface area (Å²) in [6.07, 6.45) is 3.65. The number of imidazole rings is 1. The molecule has 0 atom stereocenters. The van der Waals surface area contributed by atoms with Crippen molar-refractivity contribution in [3.8, 4) is 5.75 Å². The van der Waals surface area contributed by atoms with Crippen LogP contribution in [0.25, 0.3) is 11.1 Å². The van der Waals surface area contributed by atoms with Crippen molar-refractivity contribution >= 4 is 11.1 Å². The summed E-state index contributed by atoms with van der Waals surface area (Å²) in [5.41, 5.74) is 2.59. The van der Waals surface area contributed by atoms with Gasteiger partial charge in [0.15, 0.2) is 5.58 Å². The summed E-state index contributed by atoms with van der Waals surface area (Å²) in [6.45, 7) is 2.38. The van der Waals surface area contributed by atoms with E-state index in [2.05, 4.69) is 10.3 Å². The maximum absolute atomic E-state index is 12.0. The second-order valence-corrected chi connectivity index (χ2v) is 6.55. The molecule has 0 fully saturated rings. The highest BCUT2D eigenvalue weighted by Crippen LogP contribution is 2.14. The summed E-state index contributed by atoms with van der Waals surface area (Å²) in [7, 11) is 1.95. The molecule has 0 amide bonds. The monoisotopic (exact) mass is 378 g/mol. The Hall–Kier alpha value is -3.32. The maximum Gasteiger partial charge on any atom is 0.419 e. The molecule has 144 valence electrons. The van der Waals surface area contributed by atoms with Crippen LogP contribution in [-0.2, 0) is 26.7 Å². The molecule has 4 rings (SSSR count). The van der Waals surface area contributed by atoms with Gasteiger partial charge >= 0.3 is 5.76 Å². The Labute approximate surface area is 162 Å². The number of ether oxygens (including phenoxy) is 1. The zero-order valence-electron chi connectivity index (χ0n) is 15.7. The van der Waals surface area contributed by atoms with Crippen LogP contribution < -0.4 is 15.8 Å². The van der Waals surface area contributed by atoms with E-state index in [1.807, 2.05) is 60.3 Å². The quantitative estimate of drug-likeness (QED) is 0.477. The number of benzene rings is 2. The first-order chi connectivity index (χ1) is 13.7. The lowest BCUT2D eigenvalue weighted by Crippen LogP contribution is -2.24. The van der Waals surface area contributed by atoms with Gasteiger partial charge in [-0.3, -0.25) is 4.57 Å². The largest absolute Gasteiger partial charge is 0.486 e. The molecule has 2 aromatic heterocycles. The first-order valence-electron chi connectivity index (χ1n) is 9.18. The third-order valence-corrected chi connectivity index (χ3v) is 4.63. The fourth-order valence-electron chi connectivity index (χ4n) is 3.04. The highest BCUT2D eigenvalue weighted by Gasteiger charge is 2.07. The van der Waals surface area contributed by atoms with Crippen LogP contribution in [0.3, 0.4) is 0 Å². The Bertz CT molecular complexity index is 1110. The van der Waals surface area contributed by atoms with E-state index in [0.717, 1.165) is 22.7 Å². The smallest absolute Gasteiger partial charge is 0.419 e. The number of aromatic nitrogens is 3. The van der Waals surface area contributed by atoms with Crippen LogP contribution in [0.2, 0.25) is 0 Å². The van der Waals surface area contributed by atoms with Crippen LogP contribution in [0, 0.1) is 0 Å². The topological polar surface area (TPSA) is 74.2 Å². The van der Waals surface area contributed by atoms with Crippen LogP contribution in [0.1, 0.15) is 11.4 Å². The molecule has 7 nitrogen and oxygen atoms in total. The summed E-state index contributed by atoms with van der Waals surface area (Å²) >= 11 is 0. The number of aryl methyl sites for hydroxylation is 1. The van der Waals surface area contributed by atoms with Crippen molar-refractivity contribution in [2.24, 2.45) is 7.05 Å². The lowest BCUT2D eigenvalue weighted by atomic mass is 10.2. The Balaban J connectivity index is 1.26. The molecule has 0 bridgehead atoms. The molecule has 0 radical (unpaired) electrons. The minimum Gasteiger partial charge on any atom is -0.486 e. The van der Waals surface area contributed by atoms with Crippen molar-refractivity contribution in [2.45, 2.75) is 19.7 Å². The normalized spacial score (nSPS) is 11.2. The first-order valence-corrected chi connectivity index (χ1v) is 9.18. The number of nitrogens with one attached hydrogen (secondary N) is 1. The zero-order chi connectivity index (χ0) is 19.3. The second-order valence-electron chi connectivity index (χ2n) is 6.55. The molecule has 0 unspecified atom stereocenters. The molecule has 0 aliphatic carbocycles. The van der Waals surface area contributed by atoms with E-state index in [1.165, 1.54) is 0 Å². The van der Waals surface area contributed by atoms with Crippen molar-refractivity contribution in [3.05, 3.63) is 82.9 Å². The van der Waals surface area contributed by atoms with Gasteiger partial charge in [0.2, 0.25) is 0 Å². The molecule has 7 heteroatoms. The van der Waals surface area contributed by atoms with Gasteiger partial charge in [0.1, 0.15) is 18.2 Å². The number of hydrogen-bond acceptors (Lipinski definition) is 5. The van der Waals surface area contributed by atoms with E-state index in [4.69, 9.17) is 9.15 Å². The van der Waals surface area contributed by atoms with Crippen molar-refractivity contribution in [1.82, 2.24) is 19.4 Å². The maximum atomic E-state index is 12.0. The van der Waals surface area contributed by atoms with Gasteiger partial charge in [0.05, 0.1) is 5.52 Å². The van der Waals surface area contributed by atoms with E-state index in [0.29, 0.717) is 31.8 Å². The molecule has 1 N–H and O–H groups in total. The number of oxazole rings is 1. The average molecular weight is 378 g/mol. The summed E-state index contributed by atoms with van der Waals surface area (Å²) < 4.78 is 14.6. The zero-order valence-corrected chi connectivity index (χ0v) is 15.7. The van der Waals surface area contributed by atoms with Crippen LogP contribution in [0.5, 0.6) is 5.75 Å². The number of rotatable bonds is 8. The highest BCUT2D eigenvalue weighted by molar-refractivity contribution is 5.72. The molecule has 2 aromatic carbocycles. The van der Waals surface area contributed by atoms with Crippen molar-refractivity contribution in [2.75, 3.05) is 6.54 Å². The standard InChI is InChI=1S/C21H22N4O3/c1-24-12-11-23-20(24)15-27-17-8-6-16(7-9-17)14-22-10-13-25-18-4-2-3-5-19(18)28-21(25)26/h2-9,11-12,22H,10,13-15H2,1H3. The van der Waals surface area contributed by atoms with Crippen LogP contribution in [-0.4, -0.2) is 20.7 Å². The van der Waals surface area contributed by atoms with Crippen molar-refractivity contribution < 1.29 is 9.15 Å². The van der Waals surface area contributed by atoms with Crippen LogP contribution >= 0.6 is 0 Å². The number of para-hydroxylation sites is 2. The van der Waals surface area contributed by atoms with Gasteiger partial charge in [-0.1, -0.05) is 24.3 Å². The van der Waals surface area contributed by atoms with Crippen molar-refractivity contribution in [3.63, 3.8) is 0 Å². The predicted octanol–water partition coefficient (Wildman–Crippen LogP) is 2.70. The summed E-state index contributed by atoms with van der Waals surface area (Å²) in [6, 6.07) is 15.4. The molecule has 0 saturated carbocycles. The lowest BCUT2D eigenvalue weighted by molar-refractivity contribution is 0.291. The third kappa shape index (κ3) is 3.99. The average Bonchev–Trinajstić information content (AvgIpc) is 3.26. The minimum absolute atomic E-state index is 0.322. The Morgan fingerprint density at radius 3 is 2.75 bits per heavy atom. The molecule has 0 aliphatic heterocycles. The van der Waals surface area contributed by atoms with E-state index in [9.17, 15) is 4.79 Å². The Morgan fingerprint density at radius 2 is 1.96 bits per heavy atom. The fourth-order valence-corrected chi connectivity index (χ4v) is 3.04. The van der Waals surface area contributed by atoms with Crippen LogP contribution in [0.15, 0.2) is 70.1 Å². The van der Waals surface area contributed by atoms with Gasteiger partial charge < -0.3 is 19.0 Å². The number of nitrogens with zero attached hydrogens (tertiary/aromatic N) is 3. The lowest BCUT2D eigenvalue weighted by Gasteiger charge is -2.08. The Kier molecular flexibility index (Phi) is 5.25. The van der Waals surface area contributed by atoms with E-state index < -0.39 is 0 Å². The van der Waals surface area contributed by atoms with E-state index in [1.54, 1.807) is 16.8 Å². The third-order valence-electron chi connectivity index (χ3n) is 4.63. The second kappa shape index (κ2) is 8.14. The van der Waals surface area contributed by atoms with Gasteiger partial charge in [-0.15, -0.1) is 0 Å². The van der Waals surface area contributed by atoms with Gasteiger partial charge in [-0.25, -0.2) is 9.78 Å². The molecule has 0 saturated heterocycles. The molecular weight excluding hydrogens is 356 g/mol. The van der Waals surface area contributed by atoms with Gasteiger partial charge in [-0.2, -0.15) is 0 Å². The van der Waals surface area contributed by atoms with E-state index in [-0.39, 0.29) is 5.76 Å². The van der Waals surface area contributed by atoms with Crippen LogP contribution in [0.4, 0.5) is 0 Å². The summed E-state index contributed by atoms with van der Waals surface area (Å²) in [5, 5.41) is 3.36. The number of fused-ring (bicyclic) bond motifs is 1. The first kappa shape index (κ1) is 18.1. The summed E-state index contributed by atoms with van der Waals surface area (Å²) in [5.74, 6) is 1.37. The fraction of sp³-hybridized carbons (Fsp3) is 0.238. The predicted molar refractivity (Wildman–Crippen MR) is 106 cm³/mol. The molecule has 0 spiro atoms. The SMILES string of the molecule is Cn1ccnc1COc1ccc(CNCCn2c(=O)oc3ccccc32)cc1. The minimum atomic E-state index is -0.322. The highest BCUT2D eigenvalue weighted by atomic mass is 16.5. The van der Waals surface area contributed by atoms with E-state index >= 15 is 0 Å². The van der Waals surface area contributed by atoms with Gasteiger partial charge in [-0.05, 0) is 29.8 Å². The van der Waals surface area contributed by atoms with Crippen molar-refractivity contribution in [1.29, 1.82) is 0 Å².